The van der Waals surface area contributed by atoms with Crippen LogP contribution in [0.5, 0.6) is 0 Å². The van der Waals surface area contributed by atoms with Gasteiger partial charge in [-0.15, -0.1) is 0 Å². The number of anilines is 1. The number of alkyl halides is 3. The van der Waals surface area contributed by atoms with Crippen LogP contribution in [-0.2, 0) is 17.4 Å². The molecule has 0 heterocycles. The molecule has 6 nitrogen and oxygen atoms in total. The van der Waals surface area contributed by atoms with Crippen LogP contribution in [0, 0.1) is 0 Å². The van der Waals surface area contributed by atoms with E-state index in [0.29, 0.717) is 11.1 Å². The second kappa shape index (κ2) is 9.78. The number of carbonyl (C=O) groups excluding carboxylic acids is 2. The fourth-order valence-corrected chi connectivity index (χ4v) is 3.45. The number of nitrogens with zero attached hydrogens (tertiary/aromatic N) is 1. The van der Waals surface area contributed by atoms with Crippen LogP contribution in [-0.4, -0.2) is 41.9 Å². The summed E-state index contributed by atoms with van der Waals surface area (Å²) in [6.07, 6.45) is -4.90. The molecule has 0 aliphatic carbocycles. The van der Waals surface area contributed by atoms with Crippen molar-refractivity contribution >= 4 is 23.5 Å². The molecule has 0 bridgehead atoms. The fraction of sp³-hybridized carbons (Fsp3) is 0.160. The van der Waals surface area contributed by atoms with Crippen LogP contribution in [0.4, 0.5) is 18.9 Å². The first-order valence-corrected chi connectivity index (χ1v) is 10.1. The largest absolute Gasteiger partial charge is 0.481 e. The number of rotatable bonds is 6. The van der Waals surface area contributed by atoms with Crippen LogP contribution < -0.4 is 5.32 Å². The van der Waals surface area contributed by atoms with Crippen molar-refractivity contribution in [2.75, 3.05) is 19.4 Å². The van der Waals surface area contributed by atoms with Gasteiger partial charge in [-0.05, 0) is 41.0 Å². The molecule has 3 aromatic carbocycles. The van der Waals surface area contributed by atoms with Gasteiger partial charge in [-0.25, -0.2) is 0 Å². The zero-order chi connectivity index (χ0) is 25.0. The SMILES string of the molecule is CN(C)C(=O)c1c(CC(=O)O)cccc1NC(=O)c1ccccc1-c1ccc(C(F)(F)F)cc1. The van der Waals surface area contributed by atoms with Crippen molar-refractivity contribution in [3.8, 4) is 11.1 Å². The summed E-state index contributed by atoms with van der Waals surface area (Å²) in [5.74, 6) is -2.22. The van der Waals surface area contributed by atoms with Gasteiger partial charge in [-0.1, -0.05) is 42.5 Å². The van der Waals surface area contributed by atoms with Crippen LogP contribution in [0.1, 0.15) is 31.8 Å². The molecule has 9 heteroatoms. The number of carbonyl (C=O) groups is 3. The highest BCUT2D eigenvalue weighted by Gasteiger charge is 2.30. The lowest BCUT2D eigenvalue weighted by molar-refractivity contribution is -0.138. The first-order chi connectivity index (χ1) is 16.0. The molecule has 2 N–H and O–H groups in total. The minimum Gasteiger partial charge on any atom is -0.481 e. The molecular formula is C25H21F3N2O4. The minimum absolute atomic E-state index is 0.0512. The minimum atomic E-state index is -4.48. The van der Waals surface area contributed by atoms with Crippen molar-refractivity contribution in [1.82, 2.24) is 4.90 Å². The second-order valence-corrected chi connectivity index (χ2v) is 7.68. The molecule has 0 spiro atoms. The smallest absolute Gasteiger partial charge is 0.416 e. The topological polar surface area (TPSA) is 86.7 Å². The molecule has 0 radical (unpaired) electrons. The lowest BCUT2D eigenvalue weighted by Gasteiger charge is -2.18. The molecule has 34 heavy (non-hydrogen) atoms. The number of aliphatic carboxylic acids is 1. The molecule has 0 unspecified atom stereocenters. The number of benzene rings is 3. The molecule has 176 valence electrons. The van der Waals surface area contributed by atoms with Gasteiger partial charge in [0.25, 0.3) is 11.8 Å². The van der Waals surface area contributed by atoms with Gasteiger partial charge in [0.2, 0.25) is 0 Å². The molecular weight excluding hydrogens is 449 g/mol. The van der Waals surface area contributed by atoms with E-state index in [9.17, 15) is 32.7 Å². The molecule has 0 aromatic heterocycles. The third-order valence-electron chi connectivity index (χ3n) is 5.06. The third-order valence-corrected chi connectivity index (χ3v) is 5.06. The molecule has 0 aliphatic rings. The summed E-state index contributed by atoms with van der Waals surface area (Å²) in [7, 11) is 3.01. The van der Waals surface area contributed by atoms with Gasteiger partial charge in [0.1, 0.15) is 0 Å². The molecule has 3 aromatic rings. The molecule has 2 amide bonds. The first kappa shape index (κ1) is 24.5. The first-order valence-electron chi connectivity index (χ1n) is 10.1. The van der Waals surface area contributed by atoms with Crippen LogP contribution in [0.3, 0.4) is 0 Å². The summed E-state index contributed by atoms with van der Waals surface area (Å²) in [5.41, 5.74) is 0.591. The summed E-state index contributed by atoms with van der Waals surface area (Å²) in [6, 6.07) is 15.3. The number of hydrogen-bond acceptors (Lipinski definition) is 3. The Kier molecular flexibility index (Phi) is 7.05. The Morgan fingerprint density at radius 3 is 2.15 bits per heavy atom. The lowest BCUT2D eigenvalue weighted by Crippen LogP contribution is -2.26. The van der Waals surface area contributed by atoms with Gasteiger partial charge in [-0.3, -0.25) is 14.4 Å². The second-order valence-electron chi connectivity index (χ2n) is 7.68. The number of carboxylic acids is 1. The maximum Gasteiger partial charge on any atom is 0.416 e. The van der Waals surface area contributed by atoms with E-state index in [0.717, 1.165) is 12.1 Å². The van der Waals surface area contributed by atoms with Crippen molar-refractivity contribution in [1.29, 1.82) is 0 Å². The van der Waals surface area contributed by atoms with E-state index in [1.807, 2.05) is 0 Å². The van der Waals surface area contributed by atoms with Crippen LogP contribution >= 0.6 is 0 Å². The Labute approximate surface area is 193 Å². The average molecular weight is 470 g/mol. The number of halogens is 3. The summed E-state index contributed by atoms with van der Waals surface area (Å²) >= 11 is 0. The zero-order valence-electron chi connectivity index (χ0n) is 18.3. The van der Waals surface area contributed by atoms with Gasteiger partial charge in [0.05, 0.1) is 23.2 Å². The van der Waals surface area contributed by atoms with Crippen LogP contribution in [0.2, 0.25) is 0 Å². The van der Waals surface area contributed by atoms with Gasteiger partial charge in [-0.2, -0.15) is 13.2 Å². The maximum absolute atomic E-state index is 13.2. The number of amides is 2. The molecule has 0 fully saturated rings. The van der Waals surface area contributed by atoms with E-state index >= 15 is 0 Å². The van der Waals surface area contributed by atoms with E-state index < -0.39 is 35.9 Å². The van der Waals surface area contributed by atoms with E-state index in [-0.39, 0.29) is 22.4 Å². The van der Waals surface area contributed by atoms with Crippen LogP contribution in [0.15, 0.2) is 66.7 Å². The van der Waals surface area contributed by atoms with Crippen molar-refractivity contribution < 1.29 is 32.7 Å². The predicted octanol–water partition coefficient (Wildman–Crippen LogP) is 4.95. The normalized spacial score (nSPS) is 11.1. The quantitative estimate of drug-likeness (QED) is 0.534. The highest BCUT2D eigenvalue weighted by molar-refractivity contribution is 6.12. The average Bonchev–Trinajstić information content (AvgIpc) is 2.78. The molecule has 0 saturated carbocycles. The Morgan fingerprint density at radius 1 is 0.912 bits per heavy atom. The summed E-state index contributed by atoms with van der Waals surface area (Å²) in [6.45, 7) is 0. The number of nitrogens with one attached hydrogen (secondary N) is 1. The standard InChI is InChI=1S/C25H21F3N2O4/c1-30(2)24(34)22-16(14-21(31)32)6-5-9-20(22)29-23(33)19-8-4-3-7-18(19)15-10-12-17(13-11-15)25(26,27)28/h3-13H,14H2,1-2H3,(H,29,33)(H,31,32). The van der Waals surface area contributed by atoms with Gasteiger partial charge < -0.3 is 15.3 Å². The Morgan fingerprint density at radius 2 is 1.56 bits per heavy atom. The molecule has 3 rings (SSSR count). The zero-order valence-corrected chi connectivity index (χ0v) is 18.3. The van der Waals surface area contributed by atoms with E-state index in [2.05, 4.69) is 5.32 Å². The van der Waals surface area contributed by atoms with E-state index in [4.69, 9.17) is 0 Å². The summed E-state index contributed by atoms with van der Waals surface area (Å²) in [4.78, 5) is 38.5. The van der Waals surface area contributed by atoms with Crippen molar-refractivity contribution in [2.24, 2.45) is 0 Å². The van der Waals surface area contributed by atoms with Crippen molar-refractivity contribution in [3.63, 3.8) is 0 Å². The Balaban J connectivity index is 2.00. The van der Waals surface area contributed by atoms with Gasteiger partial charge in [0.15, 0.2) is 0 Å². The third kappa shape index (κ3) is 5.43. The number of hydrogen-bond donors (Lipinski definition) is 2. The Bertz CT molecular complexity index is 1240. The maximum atomic E-state index is 13.2. The van der Waals surface area contributed by atoms with Crippen molar-refractivity contribution in [3.05, 3.63) is 89.0 Å². The monoisotopic (exact) mass is 470 g/mol. The van der Waals surface area contributed by atoms with E-state index in [1.54, 1.807) is 18.2 Å². The van der Waals surface area contributed by atoms with Gasteiger partial charge >= 0.3 is 12.1 Å². The molecule has 0 saturated heterocycles. The lowest BCUT2D eigenvalue weighted by atomic mass is 9.97. The van der Waals surface area contributed by atoms with Crippen LogP contribution in [0.25, 0.3) is 11.1 Å². The Hall–Kier alpha value is -4.14. The predicted molar refractivity (Wildman–Crippen MR) is 121 cm³/mol. The highest BCUT2D eigenvalue weighted by Crippen LogP contribution is 2.32. The molecule has 0 atom stereocenters. The van der Waals surface area contributed by atoms with E-state index in [1.165, 1.54) is 55.4 Å². The summed E-state index contributed by atoms with van der Waals surface area (Å²) in [5, 5.41) is 11.9. The van der Waals surface area contributed by atoms with Gasteiger partial charge in [0, 0.05) is 19.7 Å². The highest BCUT2D eigenvalue weighted by atomic mass is 19.4. The van der Waals surface area contributed by atoms with Crippen molar-refractivity contribution in [2.45, 2.75) is 12.6 Å². The summed E-state index contributed by atoms with van der Waals surface area (Å²) < 4.78 is 38.7. The fourth-order valence-electron chi connectivity index (χ4n) is 3.45. The number of carboxylic acid groups (broad SMARTS) is 1. The molecule has 0 aliphatic heterocycles.